The highest BCUT2D eigenvalue weighted by atomic mass is 28.3. The third kappa shape index (κ3) is 10.5. The molecule has 0 aromatic rings. The molecule has 0 heterocycles. The molecule has 0 saturated heterocycles. The van der Waals surface area contributed by atoms with E-state index in [9.17, 15) is 0 Å². The van der Waals surface area contributed by atoms with Gasteiger partial charge in [0, 0.05) is 0 Å². The summed E-state index contributed by atoms with van der Waals surface area (Å²) in [4.78, 5) is 0. The number of hydrogen-bond donors (Lipinski definition) is 0. The zero-order valence-electron chi connectivity index (χ0n) is 15.1. The van der Waals surface area contributed by atoms with Crippen LogP contribution in [0.2, 0.25) is 58.9 Å². The first kappa shape index (κ1) is 20.1. The first-order valence-corrected chi connectivity index (χ1v) is 19.8. The molecule has 21 heavy (non-hydrogen) atoms. The third-order valence-corrected chi connectivity index (χ3v) is 7.40. The van der Waals surface area contributed by atoms with E-state index in [0.717, 1.165) is 0 Å². The SMILES string of the molecule is C#C[Si](C#C[Si](C)(C)C)(C#C[Si](C)(C)C)C#C[Si](C)(C)C. The van der Waals surface area contributed by atoms with Gasteiger partial charge in [0.15, 0.2) is 0 Å². The highest BCUT2D eigenvalue weighted by molar-refractivity contribution is 7.09. The molecule has 0 aliphatic heterocycles. The van der Waals surface area contributed by atoms with Crippen molar-refractivity contribution in [2.75, 3.05) is 0 Å². The van der Waals surface area contributed by atoms with Crippen LogP contribution in [-0.2, 0) is 0 Å². The van der Waals surface area contributed by atoms with Gasteiger partial charge in [-0.1, -0.05) is 81.1 Å². The molecular weight excluding hydrogens is 317 g/mol. The van der Waals surface area contributed by atoms with Crippen molar-refractivity contribution in [1.82, 2.24) is 0 Å². The number of terminal acetylenes is 1. The highest BCUT2D eigenvalue weighted by Crippen LogP contribution is 2.05. The summed E-state index contributed by atoms with van der Waals surface area (Å²) in [5.41, 5.74) is 23.3. The fourth-order valence-corrected chi connectivity index (χ4v) is 8.20. The summed E-state index contributed by atoms with van der Waals surface area (Å²) in [5.74, 6) is 0. The molecule has 0 N–H and O–H groups in total. The average Bonchev–Trinajstić information content (AvgIpc) is 2.25. The Morgan fingerprint density at radius 3 is 0.857 bits per heavy atom. The Hall–Kier alpha value is -0.892. The van der Waals surface area contributed by atoms with Gasteiger partial charge in [-0.15, -0.1) is 23.1 Å². The standard InChI is InChI=1S/C17H28Si4/c1-11-21(15-12-18(2,3)4,16-13-19(5,6)7)17-14-20(8,9)10/h1H,2-10H3. The van der Waals surface area contributed by atoms with Crippen molar-refractivity contribution in [3.05, 3.63) is 0 Å². The van der Waals surface area contributed by atoms with Gasteiger partial charge >= 0.3 is 8.07 Å². The van der Waals surface area contributed by atoms with E-state index in [1.807, 2.05) is 0 Å². The normalized spacial score (nSPS) is 11.8. The Balaban J connectivity index is 6.05. The monoisotopic (exact) mass is 344 g/mol. The summed E-state index contributed by atoms with van der Waals surface area (Å²) in [5, 5.41) is 0. The molecule has 0 saturated carbocycles. The first-order chi connectivity index (χ1) is 9.18. The molecule has 0 amide bonds. The second-order valence-corrected chi connectivity index (χ2v) is 25.2. The van der Waals surface area contributed by atoms with E-state index in [0.29, 0.717) is 0 Å². The molecule has 0 fully saturated rings. The van der Waals surface area contributed by atoms with Crippen molar-refractivity contribution >= 4 is 32.3 Å². The number of rotatable bonds is 0. The van der Waals surface area contributed by atoms with Gasteiger partial charge in [-0.3, -0.25) is 0 Å². The Morgan fingerprint density at radius 2 is 0.714 bits per heavy atom. The lowest BCUT2D eigenvalue weighted by Gasteiger charge is -2.11. The zero-order chi connectivity index (χ0) is 16.9. The molecule has 0 radical (unpaired) electrons. The molecule has 4 heteroatoms. The summed E-state index contributed by atoms with van der Waals surface area (Å²) in [7, 11) is -6.95. The van der Waals surface area contributed by atoms with Gasteiger partial charge in [0.25, 0.3) is 0 Å². The molecule has 0 aliphatic rings. The van der Waals surface area contributed by atoms with Gasteiger partial charge in [0.1, 0.15) is 24.2 Å². The lowest BCUT2D eigenvalue weighted by molar-refractivity contribution is 1.81. The van der Waals surface area contributed by atoms with Crippen molar-refractivity contribution in [3.8, 4) is 45.2 Å². The van der Waals surface area contributed by atoms with Gasteiger partial charge in [0.05, 0.1) is 0 Å². The van der Waals surface area contributed by atoms with Crippen LogP contribution in [0.3, 0.4) is 0 Å². The zero-order valence-corrected chi connectivity index (χ0v) is 19.1. The molecule has 0 bridgehead atoms. The maximum Gasteiger partial charge on any atom is 0.367 e. The van der Waals surface area contributed by atoms with Crippen LogP contribution in [0.5, 0.6) is 0 Å². The molecule has 0 unspecified atom stereocenters. The van der Waals surface area contributed by atoms with Crippen LogP contribution in [0.1, 0.15) is 0 Å². The van der Waals surface area contributed by atoms with E-state index in [2.05, 4.69) is 97.7 Å². The Labute approximate surface area is 136 Å². The summed E-state index contributed by atoms with van der Waals surface area (Å²) in [6.07, 6.45) is 5.85. The molecule has 112 valence electrons. The Kier molecular flexibility index (Phi) is 6.62. The van der Waals surface area contributed by atoms with E-state index in [4.69, 9.17) is 6.42 Å². The van der Waals surface area contributed by atoms with E-state index in [1.165, 1.54) is 0 Å². The summed E-state index contributed by atoms with van der Waals surface area (Å²) in [6.45, 7) is 20.1. The minimum atomic E-state index is -2.55. The van der Waals surface area contributed by atoms with Gasteiger partial charge in [-0.2, -0.15) is 0 Å². The van der Waals surface area contributed by atoms with Gasteiger partial charge < -0.3 is 0 Å². The van der Waals surface area contributed by atoms with Gasteiger partial charge in [-0.05, 0) is 0 Å². The second kappa shape index (κ2) is 6.91. The largest absolute Gasteiger partial charge is 0.367 e. The summed E-state index contributed by atoms with van der Waals surface area (Å²) >= 11 is 0. The first-order valence-electron chi connectivity index (χ1n) is 7.29. The van der Waals surface area contributed by atoms with Crippen molar-refractivity contribution in [2.45, 2.75) is 58.9 Å². The van der Waals surface area contributed by atoms with Crippen LogP contribution in [0.4, 0.5) is 0 Å². The van der Waals surface area contributed by atoms with E-state index in [-0.39, 0.29) is 0 Å². The maximum atomic E-state index is 5.85. The lowest BCUT2D eigenvalue weighted by atomic mass is 11.3. The molecule has 0 aromatic carbocycles. The predicted molar refractivity (Wildman–Crippen MR) is 108 cm³/mol. The molecule has 0 aliphatic carbocycles. The van der Waals surface area contributed by atoms with Crippen molar-refractivity contribution in [1.29, 1.82) is 0 Å². The van der Waals surface area contributed by atoms with Crippen LogP contribution >= 0.6 is 0 Å². The third-order valence-electron chi connectivity index (χ3n) is 2.09. The van der Waals surface area contributed by atoms with Crippen LogP contribution in [0.15, 0.2) is 0 Å². The van der Waals surface area contributed by atoms with E-state index >= 15 is 0 Å². The smallest absolute Gasteiger partial charge is 0.136 e. The van der Waals surface area contributed by atoms with Crippen molar-refractivity contribution in [3.63, 3.8) is 0 Å². The van der Waals surface area contributed by atoms with Crippen molar-refractivity contribution < 1.29 is 0 Å². The quantitative estimate of drug-likeness (QED) is 0.462. The highest BCUT2D eigenvalue weighted by Gasteiger charge is 2.27. The summed E-state index contributed by atoms with van der Waals surface area (Å²) < 4.78 is 0. The van der Waals surface area contributed by atoms with Gasteiger partial charge in [-0.25, -0.2) is 0 Å². The number of hydrogen-bond acceptors (Lipinski definition) is 0. The maximum absolute atomic E-state index is 5.85. The van der Waals surface area contributed by atoms with E-state index in [1.54, 1.807) is 0 Å². The molecular formula is C17H28Si4. The minimum Gasteiger partial charge on any atom is -0.136 e. The topological polar surface area (TPSA) is 0 Å². The fourth-order valence-electron chi connectivity index (χ4n) is 1.05. The minimum absolute atomic E-state index is 1.47. The molecule has 0 nitrogen and oxygen atoms in total. The second-order valence-electron chi connectivity index (χ2n) is 8.39. The van der Waals surface area contributed by atoms with Crippen LogP contribution < -0.4 is 0 Å². The Bertz CT molecular complexity index is 518. The van der Waals surface area contributed by atoms with Crippen LogP contribution in [0, 0.1) is 45.2 Å². The Morgan fingerprint density at radius 1 is 0.476 bits per heavy atom. The fraction of sp³-hybridized carbons (Fsp3) is 0.529. The van der Waals surface area contributed by atoms with Crippen LogP contribution in [0.25, 0.3) is 0 Å². The molecule has 0 spiro atoms. The lowest BCUT2D eigenvalue weighted by Crippen LogP contribution is -2.33. The van der Waals surface area contributed by atoms with Crippen molar-refractivity contribution in [2.24, 2.45) is 0 Å². The molecule has 0 rings (SSSR count). The van der Waals surface area contributed by atoms with Crippen LogP contribution in [-0.4, -0.2) is 32.3 Å². The van der Waals surface area contributed by atoms with E-state index < -0.39 is 32.3 Å². The van der Waals surface area contributed by atoms with Gasteiger partial charge in [0.2, 0.25) is 0 Å². The predicted octanol–water partition coefficient (Wildman–Crippen LogP) is 3.87. The average molecular weight is 345 g/mol. The summed E-state index contributed by atoms with van der Waals surface area (Å²) in [6, 6.07) is 0. The molecule has 0 atom stereocenters. The molecule has 0 aromatic heterocycles.